The van der Waals surface area contributed by atoms with Gasteiger partial charge in [0.1, 0.15) is 30.1 Å². The lowest BCUT2D eigenvalue weighted by atomic mass is 10.2. The van der Waals surface area contributed by atoms with E-state index in [0.29, 0.717) is 18.3 Å². The van der Waals surface area contributed by atoms with Crippen molar-refractivity contribution in [2.24, 2.45) is 0 Å². The minimum Gasteiger partial charge on any atom is -0.444 e. The van der Waals surface area contributed by atoms with Crippen LogP contribution >= 0.6 is 0 Å². The van der Waals surface area contributed by atoms with Gasteiger partial charge in [-0.15, -0.1) is 0 Å². The summed E-state index contributed by atoms with van der Waals surface area (Å²) in [5, 5.41) is 0.906. The van der Waals surface area contributed by atoms with Crippen LogP contribution < -0.4 is 5.73 Å². The molecular weight excluding hydrogens is 242 g/mol. The van der Waals surface area contributed by atoms with Crippen LogP contribution in [0.5, 0.6) is 0 Å². The van der Waals surface area contributed by atoms with Gasteiger partial charge in [-0.1, -0.05) is 0 Å². The van der Waals surface area contributed by atoms with Gasteiger partial charge in [-0.2, -0.15) is 0 Å². The molecule has 3 aromatic heterocycles. The molecule has 98 valence electrons. The number of hydrogen-bond donors (Lipinski definition) is 1. The summed E-state index contributed by atoms with van der Waals surface area (Å²) >= 11 is 0. The first-order valence-electron chi connectivity index (χ1n) is 6.05. The SMILES string of the molecule is Cc1cnc(Cn2c(C)c(C)c3c(N)ncnc32)o1. The van der Waals surface area contributed by atoms with E-state index < -0.39 is 0 Å². The molecule has 3 aromatic rings. The van der Waals surface area contributed by atoms with Crippen LogP contribution in [0.1, 0.15) is 22.9 Å². The Morgan fingerprint density at radius 1 is 1.21 bits per heavy atom. The summed E-state index contributed by atoms with van der Waals surface area (Å²) in [5.74, 6) is 1.97. The fourth-order valence-electron chi connectivity index (χ4n) is 2.30. The standard InChI is InChI=1S/C13H15N5O/c1-7-4-15-10(19-7)5-18-9(3)8(2)11-12(14)16-6-17-13(11)18/h4,6H,5H2,1-3H3,(H2,14,16,17). The van der Waals surface area contributed by atoms with Gasteiger partial charge in [0.25, 0.3) is 0 Å². The lowest BCUT2D eigenvalue weighted by molar-refractivity contribution is 0.458. The molecule has 0 atom stereocenters. The van der Waals surface area contributed by atoms with Gasteiger partial charge in [0, 0.05) is 5.69 Å². The van der Waals surface area contributed by atoms with Crippen LogP contribution in [-0.2, 0) is 6.54 Å². The van der Waals surface area contributed by atoms with E-state index >= 15 is 0 Å². The van der Waals surface area contributed by atoms with Gasteiger partial charge in [-0.25, -0.2) is 15.0 Å². The van der Waals surface area contributed by atoms with Crippen LogP contribution in [0.3, 0.4) is 0 Å². The number of oxazole rings is 1. The van der Waals surface area contributed by atoms with Crippen molar-refractivity contribution in [3.63, 3.8) is 0 Å². The summed E-state index contributed by atoms with van der Waals surface area (Å²) in [6.07, 6.45) is 3.19. The van der Waals surface area contributed by atoms with Gasteiger partial charge >= 0.3 is 0 Å². The molecule has 0 saturated carbocycles. The van der Waals surface area contributed by atoms with Crippen molar-refractivity contribution in [1.82, 2.24) is 19.5 Å². The van der Waals surface area contributed by atoms with Crippen LogP contribution in [0.25, 0.3) is 11.0 Å². The maximum absolute atomic E-state index is 5.93. The molecule has 3 rings (SSSR count). The lowest BCUT2D eigenvalue weighted by Gasteiger charge is -2.04. The summed E-state index contributed by atoms with van der Waals surface area (Å²) in [6, 6.07) is 0. The average molecular weight is 257 g/mol. The van der Waals surface area contributed by atoms with E-state index in [9.17, 15) is 0 Å². The lowest BCUT2D eigenvalue weighted by Crippen LogP contribution is -2.03. The van der Waals surface area contributed by atoms with E-state index in [4.69, 9.17) is 10.2 Å². The molecule has 0 amide bonds. The zero-order chi connectivity index (χ0) is 13.6. The first-order valence-corrected chi connectivity index (χ1v) is 6.05. The van der Waals surface area contributed by atoms with Crippen LogP contribution in [0.4, 0.5) is 5.82 Å². The number of fused-ring (bicyclic) bond motifs is 1. The number of hydrogen-bond acceptors (Lipinski definition) is 5. The van der Waals surface area contributed by atoms with Crippen LogP contribution in [0.2, 0.25) is 0 Å². The molecule has 0 spiro atoms. The number of rotatable bonds is 2. The van der Waals surface area contributed by atoms with E-state index in [0.717, 1.165) is 28.1 Å². The third-order valence-corrected chi connectivity index (χ3v) is 3.40. The highest BCUT2D eigenvalue weighted by Crippen LogP contribution is 2.27. The Morgan fingerprint density at radius 3 is 2.68 bits per heavy atom. The molecular formula is C13H15N5O. The van der Waals surface area contributed by atoms with Crippen molar-refractivity contribution < 1.29 is 4.42 Å². The van der Waals surface area contributed by atoms with Gasteiger partial charge in [-0.3, -0.25) is 0 Å². The summed E-state index contributed by atoms with van der Waals surface area (Å²) in [6.45, 7) is 6.48. The summed E-state index contributed by atoms with van der Waals surface area (Å²) in [7, 11) is 0. The first kappa shape index (κ1) is 11.7. The highest BCUT2D eigenvalue weighted by molar-refractivity contribution is 5.90. The van der Waals surface area contributed by atoms with Crippen molar-refractivity contribution in [3.8, 4) is 0 Å². The van der Waals surface area contributed by atoms with Gasteiger partial charge in [0.15, 0.2) is 0 Å². The smallest absolute Gasteiger partial charge is 0.214 e. The van der Waals surface area contributed by atoms with E-state index in [2.05, 4.69) is 15.0 Å². The Morgan fingerprint density at radius 2 is 2.00 bits per heavy atom. The molecule has 0 radical (unpaired) electrons. The fourth-order valence-corrected chi connectivity index (χ4v) is 2.30. The molecule has 2 N–H and O–H groups in total. The Bertz CT molecular complexity index is 756. The van der Waals surface area contributed by atoms with E-state index in [-0.39, 0.29) is 0 Å². The van der Waals surface area contributed by atoms with Gasteiger partial charge in [0.05, 0.1) is 11.6 Å². The predicted octanol–water partition coefficient (Wildman–Crippen LogP) is 1.98. The number of nitrogens with zero attached hydrogens (tertiary/aromatic N) is 4. The van der Waals surface area contributed by atoms with E-state index in [1.54, 1.807) is 6.20 Å². The molecule has 0 aliphatic carbocycles. The van der Waals surface area contributed by atoms with Crippen LogP contribution in [-0.4, -0.2) is 19.5 Å². The highest BCUT2D eigenvalue weighted by Gasteiger charge is 2.16. The predicted molar refractivity (Wildman–Crippen MR) is 71.8 cm³/mol. The van der Waals surface area contributed by atoms with E-state index in [1.165, 1.54) is 6.33 Å². The Hall–Kier alpha value is -2.37. The normalized spacial score (nSPS) is 11.3. The maximum Gasteiger partial charge on any atom is 0.214 e. The largest absolute Gasteiger partial charge is 0.444 e. The first-order chi connectivity index (χ1) is 9.08. The van der Waals surface area contributed by atoms with Crippen LogP contribution in [0.15, 0.2) is 16.9 Å². The Balaban J connectivity index is 2.18. The van der Waals surface area contributed by atoms with Crippen molar-refractivity contribution in [2.45, 2.75) is 27.3 Å². The number of aromatic nitrogens is 4. The topological polar surface area (TPSA) is 82.8 Å². The highest BCUT2D eigenvalue weighted by atomic mass is 16.4. The molecule has 0 unspecified atom stereocenters. The van der Waals surface area contributed by atoms with Crippen LogP contribution in [0, 0.1) is 20.8 Å². The zero-order valence-corrected chi connectivity index (χ0v) is 11.1. The third-order valence-electron chi connectivity index (χ3n) is 3.40. The summed E-state index contributed by atoms with van der Waals surface area (Å²) in [5.41, 5.74) is 8.94. The number of aryl methyl sites for hydroxylation is 2. The second kappa shape index (κ2) is 4.08. The van der Waals surface area contributed by atoms with E-state index in [1.807, 2.05) is 25.3 Å². The molecule has 0 aliphatic heterocycles. The zero-order valence-electron chi connectivity index (χ0n) is 11.1. The molecule has 0 fully saturated rings. The van der Waals surface area contributed by atoms with Crippen molar-refractivity contribution >= 4 is 16.9 Å². The number of anilines is 1. The molecule has 19 heavy (non-hydrogen) atoms. The molecule has 0 bridgehead atoms. The molecule has 0 saturated heterocycles. The monoisotopic (exact) mass is 257 g/mol. The minimum absolute atomic E-state index is 0.507. The maximum atomic E-state index is 5.93. The van der Waals surface area contributed by atoms with Crippen molar-refractivity contribution in [1.29, 1.82) is 0 Å². The summed E-state index contributed by atoms with van der Waals surface area (Å²) in [4.78, 5) is 12.6. The molecule has 6 heteroatoms. The fraction of sp³-hybridized carbons (Fsp3) is 0.308. The second-order valence-electron chi connectivity index (χ2n) is 4.62. The van der Waals surface area contributed by atoms with Crippen molar-refractivity contribution in [3.05, 3.63) is 35.4 Å². The van der Waals surface area contributed by atoms with Gasteiger partial charge < -0.3 is 14.7 Å². The van der Waals surface area contributed by atoms with Gasteiger partial charge in [0.2, 0.25) is 5.89 Å². The molecule has 6 nitrogen and oxygen atoms in total. The third kappa shape index (κ3) is 1.76. The number of nitrogen functional groups attached to an aromatic ring is 1. The van der Waals surface area contributed by atoms with Gasteiger partial charge in [-0.05, 0) is 26.3 Å². The molecule has 3 heterocycles. The number of nitrogens with two attached hydrogens (primary N) is 1. The average Bonchev–Trinajstić information content (AvgIpc) is 2.88. The van der Waals surface area contributed by atoms with Crippen molar-refractivity contribution in [2.75, 3.05) is 5.73 Å². The quantitative estimate of drug-likeness (QED) is 0.759. The second-order valence-corrected chi connectivity index (χ2v) is 4.62. The molecule has 0 aromatic carbocycles. The minimum atomic E-state index is 0.507. The summed E-state index contributed by atoms with van der Waals surface area (Å²) < 4.78 is 7.57. The molecule has 0 aliphatic rings. The Kier molecular flexibility index (Phi) is 2.51. The Labute approximate surface area is 110 Å².